The van der Waals surface area contributed by atoms with Crippen molar-refractivity contribution >= 4 is 52.8 Å². The molecule has 0 bridgehead atoms. The van der Waals surface area contributed by atoms with Gasteiger partial charge < -0.3 is 25.6 Å². The third kappa shape index (κ3) is 7.29. The van der Waals surface area contributed by atoms with Crippen LogP contribution in [0.15, 0.2) is 49.6 Å². The van der Waals surface area contributed by atoms with Crippen LogP contribution in [0.4, 0.5) is 4.79 Å². The van der Waals surface area contributed by atoms with Gasteiger partial charge in [0.1, 0.15) is 22.0 Å². The Kier molecular flexibility index (Phi) is 10.1. The molecule has 1 aromatic carbocycles. The highest BCUT2D eigenvalue weighted by Crippen LogP contribution is 2.65. The molecule has 238 valence electrons. The number of amides is 4. The number of ketones is 1. The largest absolute Gasteiger partial charge is 0.444 e. The van der Waals surface area contributed by atoms with E-state index in [1.165, 1.54) is 11.0 Å². The quantitative estimate of drug-likeness (QED) is 0.181. The highest BCUT2D eigenvalue weighted by atomic mass is 35.5. The van der Waals surface area contributed by atoms with Crippen molar-refractivity contribution in [2.24, 2.45) is 17.8 Å². The van der Waals surface area contributed by atoms with Crippen molar-refractivity contribution in [2.75, 3.05) is 13.1 Å². The molecule has 1 heterocycles. The van der Waals surface area contributed by atoms with Crippen LogP contribution in [-0.4, -0.2) is 75.6 Å². The molecule has 2 aliphatic carbocycles. The molecule has 4 rings (SSSR count). The number of halogens is 2. The molecular formula is C32H40Cl2N4O6. The second-order valence-corrected chi connectivity index (χ2v) is 14.0. The Morgan fingerprint density at radius 2 is 1.70 bits per heavy atom. The van der Waals surface area contributed by atoms with Gasteiger partial charge in [-0.1, -0.05) is 36.4 Å². The van der Waals surface area contributed by atoms with E-state index < -0.39 is 63.6 Å². The first kappa shape index (κ1) is 33.5. The minimum absolute atomic E-state index is 0.0828. The molecule has 1 saturated carbocycles. The predicted octanol–water partition coefficient (Wildman–Crippen LogP) is 3.25. The van der Waals surface area contributed by atoms with Gasteiger partial charge in [-0.2, -0.15) is 0 Å². The highest BCUT2D eigenvalue weighted by molar-refractivity contribution is 6.51. The van der Waals surface area contributed by atoms with Gasteiger partial charge in [0.25, 0.3) is 5.91 Å². The van der Waals surface area contributed by atoms with Gasteiger partial charge >= 0.3 is 6.09 Å². The second-order valence-electron chi connectivity index (χ2n) is 12.6. The molecule has 0 aromatic heterocycles. The number of benzene rings is 1. The lowest BCUT2D eigenvalue weighted by Gasteiger charge is -2.35. The summed E-state index contributed by atoms with van der Waals surface area (Å²) in [6, 6.07) is 4.54. The Bertz CT molecular complexity index is 1320. The standard InChI is InChI=1S/C32H40Cl2N4O6/c1-6-8-13-22(26(39)28(41)35-14-7-2)36-27(40)25-23-21(32(23,33)34)17-38(25)29(42)24(37-30(43)44-31(3,4)5)20-15-18-11-9-10-12-19(18)16-20/h6-7,9-12,20-25H,1-2,8,13-17H2,3-5H3,(H,35,41)(H,36,40)(H,37,43)/t21-,22?,23-,24?,25-/m0/s1. The first-order chi connectivity index (χ1) is 20.7. The number of carbonyl (C=O) groups is 5. The van der Waals surface area contributed by atoms with Crippen LogP contribution in [0.3, 0.4) is 0 Å². The fourth-order valence-corrected chi connectivity index (χ4v) is 7.00. The number of alkyl carbamates (subject to hydrolysis) is 1. The number of alkyl halides is 2. The maximum atomic E-state index is 14.3. The van der Waals surface area contributed by atoms with E-state index in [9.17, 15) is 24.0 Å². The summed E-state index contributed by atoms with van der Waals surface area (Å²) in [4.78, 5) is 68.0. The number of Topliss-reactive ketones (excluding diaryl/α,β-unsaturated/α-hetero) is 1. The zero-order valence-electron chi connectivity index (χ0n) is 25.2. The fourth-order valence-electron chi connectivity index (χ4n) is 6.18. The molecule has 10 nitrogen and oxygen atoms in total. The molecule has 4 amide bonds. The van der Waals surface area contributed by atoms with Crippen LogP contribution in [0, 0.1) is 17.8 Å². The second kappa shape index (κ2) is 13.3. The van der Waals surface area contributed by atoms with Gasteiger partial charge in [-0.25, -0.2) is 4.79 Å². The maximum absolute atomic E-state index is 14.3. The SMILES string of the molecule is C=CCCC(NC(=O)[C@@H]1[C@@H]2[C@H](CN1C(=O)C(NC(=O)OC(C)(C)C)C1Cc3ccccc3C1)C2(Cl)Cl)C(=O)C(=O)NCC=C. The average molecular weight is 648 g/mol. The van der Waals surface area contributed by atoms with Crippen LogP contribution < -0.4 is 16.0 Å². The molecule has 44 heavy (non-hydrogen) atoms. The Hall–Kier alpha value is -3.37. The Morgan fingerprint density at radius 1 is 1.07 bits per heavy atom. The topological polar surface area (TPSA) is 134 Å². The minimum atomic E-state index is -1.24. The van der Waals surface area contributed by atoms with Crippen LogP contribution in [0.5, 0.6) is 0 Å². The number of allylic oxidation sites excluding steroid dienone is 1. The molecule has 1 saturated heterocycles. The third-order valence-electron chi connectivity index (χ3n) is 8.30. The van der Waals surface area contributed by atoms with Gasteiger partial charge in [0.05, 0.1) is 6.04 Å². The average Bonchev–Trinajstić information content (AvgIpc) is 3.33. The van der Waals surface area contributed by atoms with Gasteiger partial charge in [0.15, 0.2) is 0 Å². The zero-order chi connectivity index (χ0) is 32.4. The van der Waals surface area contributed by atoms with E-state index in [0.29, 0.717) is 19.3 Å². The molecule has 3 N–H and O–H groups in total. The Morgan fingerprint density at radius 3 is 2.27 bits per heavy atom. The number of hydrogen-bond donors (Lipinski definition) is 3. The number of nitrogens with one attached hydrogen (secondary N) is 3. The van der Waals surface area contributed by atoms with E-state index in [-0.39, 0.29) is 31.3 Å². The molecule has 12 heteroatoms. The number of nitrogens with zero attached hydrogens (tertiary/aromatic N) is 1. The van der Waals surface area contributed by atoms with Crippen LogP contribution in [0.2, 0.25) is 0 Å². The van der Waals surface area contributed by atoms with Gasteiger partial charge in [-0.3, -0.25) is 19.2 Å². The van der Waals surface area contributed by atoms with Crippen molar-refractivity contribution in [3.8, 4) is 0 Å². The Balaban J connectivity index is 1.59. The lowest BCUT2D eigenvalue weighted by Crippen LogP contribution is -2.60. The van der Waals surface area contributed by atoms with E-state index in [0.717, 1.165) is 11.1 Å². The summed E-state index contributed by atoms with van der Waals surface area (Å²) in [5.74, 6) is -4.09. The number of fused-ring (bicyclic) bond motifs is 2. The summed E-state index contributed by atoms with van der Waals surface area (Å²) in [6.45, 7) is 12.5. The number of ether oxygens (including phenoxy) is 1. The van der Waals surface area contributed by atoms with Gasteiger partial charge in [-0.15, -0.1) is 36.4 Å². The fraction of sp³-hybridized carbons (Fsp3) is 0.531. The van der Waals surface area contributed by atoms with Crippen molar-refractivity contribution in [3.63, 3.8) is 0 Å². The third-order valence-corrected chi connectivity index (χ3v) is 9.36. The smallest absolute Gasteiger partial charge is 0.408 e. The lowest BCUT2D eigenvalue weighted by atomic mass is 9.94. The van der Waals surface area contributed by atoms with Crippen LogP contribution in [0.25, 0.3) is 0 Å². The summed E-state index contributed by atoms with van der Waals surface area (Å²) in [5, 5.41) is 7.90. The van der Waals surface area contributed by atoms with E-state index in [1.54, 1.807) is 26.8 Å². The molecule has 0 radical (unpaired) electrons. The molecule has 1 aromatic rings. The summed E-state index contributed by atoms with van der Waals surface area (Å²) < 4.78 is 4.25. The molecule has 5 atom stereocenters. The molecular weight excluding hydrogens is 607 g/mol. The number of hydrogen-bond acceptors (Lipinski definition) is 6. The van der Waals surface area contributed by atoms with Gasteiger partial charge in [0.2, 0.25) is 17.6 Å². The van der Waals surface area contributed by atoms with Gasteiger partial charge in [0, 0.05) is 24.9 Å². The molecule has 2 unspecified atom stereocenters. The summed E-state index contributed by atoms with van der Waals surface area (Å²) in [7, 11) is 0. The highest BCUT2D eigenvalue weighted by Gasteiger charge is 2.74. The number of carbonyl (C=O) groups excluding carboxylic acids is 5. The number of rotatable bonds is 12. The predicted molar refractivity (Wildman–Crippen MR) is 167 cm³/mol. The van der Waals surface area contributed by atoms with Crippen LogP contribution >= 0.6 is 23.2 Å². The zero-order valence-corrected chi connectivity index (χ0v) is 26.7. The first-order valence-corrected chi connectivity index (χ1v) is 15.5. The first-order valence-electron chi connectivity index (χ1n) is 14.8. The monoisotopic (exact) mass is 646 g/mol. The van der Waals surface area contributed by atoms with Crippen molar-refractivity contribution in [3.05, 3.63) is 60.7 Å². The van der Waals surface area contributed by atoms with Crippen molar-refractivity contribution in [1.29, 1.82) is 0 Å². The van der Waals surface area contributed by atoms with E-state index >= 15 is 0 Å². The molecule has 2 fully saturated rings. The normalized spacial score (nSPS) is 22.9. The van der Waals surface area contributed by atoms with Crippen molar-refractivity contribution in [1.82, 2.24) is 20.9 Å². The minimum Gasteiger partial charge on any atom is -0.444 e. The molecule has 1 aliphatic heterocycles. The summed E-state index contributed by atoms with van der Waals surface area (Å²) in [5.41, 5.74) is 1.37. The van der Waals surface area contributed by atoms with Crippen molar-refractivity contribution in [2.45, 2.75) is 74.5 Å². The molecule has 0 spiro atoms. The number of likely N-dealkylation sites (tertiary alicyclic amines) is 1. The van der Waals surface area contributed by atoms with Crippen LogP contribution in [-0.2, 0) is 36.8 Å². The Labute approximate surface area is 267 Å². The van der Waals surface area contributed by atoms with E-state index in [4.69, 9.17) is 27.9 Å². The lowest BCUT2D eigenvalue weighted by molar-refractivity contribution is -0.144. The number of piperidine rings is 1. The summed E-state index contributed by atoms with van der Waals surface area (Å²) in [6.07, 6.45) is 3.83. The van der Waals surface area contributed by atoms with Gasteiger partial charge in [-0.05, 0) is 63.5 Å². The molecule has 3 aliphatic rings. The summed E-state index contributed by atoms with van der Waals surface area (Å²) >= 11 is 13.1. The van der Waals surface area contributed by atoms with Crippen molar-refractivity contribution < 1.29 is 28.7 Å². The van der Waals surface area contributed by atoms with E-state index in [1.807, 2.05) is 24.3 Å². The van der Waals surface area contributed by atoms with Crippen LogP contribution in [0.1, 0.15) is 44.7 Å². The van der Waals surface area contributed by atoms with E-state index in [2.05, 4.69) is 29.1 Å². The maximum Gasteiger partial charge on any atom is 0.408 e.